The molecule has 3 aromatic rings. The van der Waals surface area contributed by atoms with Crippen LogP contribution in [0.3, 0.4) is 0 Å². The third kappa shape index (κ3) is 1.33. The summed E-state index contributed by atoms with van der Waals surface area (Å²) in [5.74, 6) is -0.143. The number of nitrogens with zero attached hydrogens (tertiary/aromatic N) is 3. The van der Waals surface area contributed by atoms with Crippen molar-refractivity contribution in [3.05, 3.63) is 24.0 Å². The van der Waals surface area contributed by atoms with E-state index in [1.807, 2.05) is 0 Å². The van der Waals surface area contributed by atoms with E-state index in [-0.39, 0.29) is 11.6 Å². The van der Waals surface area contributed by atoms with Gasteiger partial charge in [-0.2, -0.15) is 0 Å². The number of nitrogens with two attached hydrogens (primary N) is 1. The van der Waals surface area contributed by atoms with Gasteiger partial charge in [-0.05, 0) is 22.4 Å². The third-order valence-corrected chi connectivity index (χ3v) is 3.11. The molecule has 0 bridgehead atoms. The van der Waals surface area contributed by atoms with E-state index in [1.165, 1.54) is 23.5 Å². The molecule has 2 heterocycles. The van der Waals surface area contributed by atoms with Crippen molar-refractivity contribution in [3.63, 3.8) is 0 Å². The van der Waals surface area contributed by atoms with E-state index in [0.717, 1.165) is 4.70 Å². The van der Waals surface area contributed by atoms with Crippen molar-refractivity contribution in [2.45, 2.75) is 0 Å². The average Bonchev–Trinajstić information content (AvgIpc) is 2.82. The van der Waals surface area contributed by atoms with Gasteiger partial charge in [0.05, 0.1) is 10.2 Å². The zero-order chi connectivity index (χ0) is 11.1. The largest absolute Gasteiger partial charge is 0.379 e. The Hall–Kier alpha value is -2.02. The van der Waals surface area contributed by atoms with Crippen LogP contribution in [0.15, 0.2) is 22.8 Å². The molecular formula is C9H5FN4OS. The van der Waals surface area contributed by atoms with Gasteiger partial charge in [0.15, 0.2) is 16.5 Å². The monoisotopic (exact) mass is 236 g/mol. The molecule has 0 aliphatic heterocycles. The first kappa shape index (κ1) is 9.22. The smallest absolute Gasteiger partial charge is 0.198 e. The molecule has 0 saturated carbocycles. The van der Waals surface area contributed by atoms with Gasteiger partial charge in [0.2, 0.25) is 0 Å². The number of halogens is 1. The van der Waals surface area contributed by atoms with Gasteiger partial charge >= 0.3 is 0 Å². The number of fused-ring (bicyclic) bond motifs is 1. The third-order valence-electron chi connectivity index (χ3n) is 2.07. The standard InChI is InChI=1S/C9H5FN4OS/c10-4-1-2-6-5(3-4)12-9(16-6)7-8(11)14-15-13-7/h1-3H,(H2,11,14). The first-order valence-corrected chi connectivity index (χ1v) is 5.20. The van der Waals surface area contributed by atoms with Crippen molar-refractivity contribution >= 4 is 27.4 Å². The highest BCUT2D eigenvalue weighted by Crippen LogP contribution is 2.31. The molecule has 2 N–H and O–H groups in total. The second kappa shape index (κ2) is 3.24. The number of hydrogen-bond acceptors (Lipinski definition) is 6. The zero-order valence-electron chi connectivity index (χ0n) is 7.85. The van der Waals surface area contributed by atoms with E-state index in [9.17, 15) is 4.39 Å². The summed E-state index contributed by atoms with van der Waals surface area (Å²) in [5.41, 5.74) is 6.51. The van der Waals surface area contributed by atoms with Crippen LogP contribution in [-0.4, -0.2) is 15.3 Å². The molecule has 0 fully saturated rings. The van der Waals surface area contributed by atoms with Gasteiger partial charge in [0, 0.05) is 6.07 Å². The maximum absolute atomic E-state index is 13.0. The highest BCUT2D eigenvalue weighted by atomic mass is 32.1. The molecule has 3 rings (SSSR count). The van der Waals surface area contributed by atoms with E-state index in [4.69, 9.17) is 5.73 Å². The average molecular weight is 236 g/mol. The van der Waals surface area contributed by atoms with Crippen molar-refractivity contribution in [2.75, 3.05) is 5.73 Å². The van der Waals surface area contributed by atoms with Crippen molar-refractivity contribution < 1.29 is 9.02 Å². The molecule has 0 amide bonds. The molecule has 80 valence electrons. The molecule has 7 heteroatoms. The number of rotatable bonds is 1. The van der Waals surface area contributed by atoms with E-state index < -0.39 is 0 Å². The lowest BCUT2D eigenvalue weighted by molar-refractivity contribution is 0.310. The minimum Gasteiger partial charge on any atom is -0.379 e. The van der Waals surface area contributed by atoms with Crippen molar-refractivity contribution in [2.24, 2.45) is 0 Å². The Labute approximate surface area is 92.7 Å². The number of hydrogen-bond donors (Lipinski definition) is 1. The van der Waals surface area contributed by atoms with Crippen LogP contribution in [0.2, 0.25) is 0 Å². The van der Waals surface area contributed by atoms with Crippen LogP contribution < -0.4 is 5.73 Å². The van der Waals surface area contributed by atoms with Gasteiger partial charge in [0.1, 0.15) is 5.82 Å². The van der Waals surface area contributed by atoms with Gasteiger partial charge in [-0.3, -0.25) is 0 Å². The summed E-state index contributed by atoms with van der Waals surface area (Å²) in [5, 5.41) is 7.68. The number of thiazole rings is 1. The number of anilines is 1. The van der Waals surface area contributed by atoms with Gasteiger partial charge in [-0.25, -0.2) is 14.0 Å². The molecule has 1 aromatic carbocycles. The molecule has 0 atom stereocenters. The Bertz CT molecular complexity index is 662. The van der Waals surface area contributed by atoms with Crippen molar-refractivity contribution in [3.8, 4) is 10.7 Å². The Morgan fingerprint density at radius 1 is 1.31 bits per heavy atom. The molecule has 0 aliphatic carbocycles. The lowest BCUT2D eigenvalue weighted by Gasteiger charge is -1.85. The SMILES string of the molecule is Nc1nonc1-c1nc2cc(F)ccc2s1. The normalized spacial score (nSPS) is 11.1. The van der Waals surface area contributed by atoms with Crippen LogP contribution in [0.4, 0.5) is 10.2 Å². The summed E-state index contributed by atoms with van der Waals surface area (Å²) in [6, 6.07) is 4.41. The molecule has 2 aromatic heterocycles. The quantitative estimate of drug-likeness (QED) is 0.699. The van der Waals surface area contributed by atoms with Crippen LogP contribution in [0.25, 0.3) is 20.9 Å². The summed E-state index contributed by atoms with van der Waals surface area (Å²) in [7, 11) is 0. The second-order valence-electron chi connectivity index (χ2n) is 3.13. The van der Waals surface area contributed by atoms with Gasteiger partial charge in [-0.15, -0.1) is 11.3 Å². The first-order valence-electron chi connectivity index (χ1n) is 4.38. The highest BCUT2D eigenvalue weighted by Gasteiger charge is 2.14. The Kier molecular flexibility index (Phi) is 1.87. The predicted octanol–water partition coefficient (Wildman–Crippen LogP) is 2.07. The van der Waals surface area contributed by atoms with E-state index >= 15 is 0 Å². The molecule has 0 unspecified atom stereocenters. The molecule has 16 heavy (non-hydrogen) atoms. The molecule has 0 aliphatic rings. The molecule has 0 radical (unpaired) electrons. The fourth-order valence-electron chi connectivity index (χ4n) is 1.35. The predicted molar refractivity (Wildman–Crippen MR) is 57.3 cm³/mol. The van der Waals surface area contributed by atoms with Crippen molar-refractivity contribution in [1.29, 1.82) is 0 Å². The summed E-state index contributed by atoms with van der Waals surface area (Å²) >= 11 is 1.36. The molecular weight excluding hydrogens is 231 g/mol. The van der Waals surface area contributed by atoms with E-state index in [0.29, 0.717) is 16.2 Å². The Balaban J connectivity index is 2.23. The van der Waals surface area contributed by atoms with Crippen LogP contribution in [0.5, 0.6) is 0 Å². The van der Waals surface area contributed by atoms with Gasteiger partial charge in [0.25, 0.3) is 0 Å². The zero-order valence-corrected chi connectivity index (χ0v) is 8.66. The first-order chi connectivity index (χ1) is 7.74. The Morgan fingerprint density at radius 2 is 2.19 bits per heavy atom. The van der Waals surface area contributed by atoms with E-state index in [1.54, 1.807) is 6.07 Å². The summed E-state index contributed by atoms with van der Waals surface area (Å²) in [6.07, 6.45) is 0. The number of nitrogen functional groups attached to an aromatic ring is 1. The topological polar surface area (TPSA) is 77.8 Å². The lowest BCUT2D eigenvalue weighted by atomic mass is 10.3. The Morgan fingerprint density at radius 3 is 2.94 bits per heavy atom. The van der Waals surface area contributed by atoms with Gasteiger partial charge < -0.3 is 5.73 Å². The molecule has 0 spiro atoms. The highest BCUT2D eigenvalue weighted by molar-refractivity contribution is 7.21. The second-order valence-corrected chi connectivity index (χ2v) is 4.16. The number of benzene rings is 1. The minimum absolute atomic E-state index is 0.180. The maximum atomic E-state index is 13.0. The lowest BCUT2D eigenvalue weighted by Crippen LogP contribution is -1.87. The fourth-order valence-corrected chi connectivity index (χ4v) is 2.28. The molecule has 5 nitrogen and oxygen atoms in total. The van der Waals surface area contributed by atoms with Crippen LogP contribution in [0, 0.1) is 5.82 Å². The van der Waals surface area contributed by atoms with Crippen LogP contribution in [0.1, 0.15) is 0 Å². The number of aromatic nitrogens is 3. The minimum atomic E-state index is -0.324. The van der Waals surface area contributed by atoms with Crippen LogP contribution >= 0.6 is 11.3 Å². The fraction of sp³-hybridized carbons (Fsp3) is 0. The molecule has 0 saturated heterocycles. The van der Waals surface area contributed by atoms with Crippen molar-refractivity contribution in [1.82, 2.24) is 15.3 Å². The van der Waals surface area contributed by atoms with Gasteiger partial charge in [-0.1, -0.05) is 0 Å². The summed E-state index contributed by atoms with van der Waals surface area (Å²) in [6.45, 7) is 0. The van der Waals surface area contributed by atoms with E-state index in [2.05, 4.69) is 19.9 Å². The van der Waals surface area contributed by atoms with Crippen LogP contribution in [-0.2, 0) is 0 Å². The summed E-state index contributed by atoms with van der Waals surface area (Å²) < 4.78 is 18.3. The maximum Gasteiger partial charge on any atom is 0.198 e. The summed E-state index contributed by atoms with van der Waals surface area (Å²) in [4.78, 5) is 4.21.